The highest BCUT2D eigenvalue weighted by molar-refractivity contribution is 9.10. The molecule has 0 fully saturated rings. The molecule has 1 nitrogen and oxygen atoms in total. The second-order valence-electron chi connectivity index (χ2n) is 4.12. The van der Waals surface area contributed by atoms with Gasteiger partial charge < -0.3 is 5.73 Å². The lowest BCUT2D eigenvalue weighted by Crippen LogP contribution is -2.09. The van der Waals surface area contributed by atoms with Crippen molar-refractivity contribution in [3.05, 3.63) is 58.6 Å². The second-order valence-corrected chi connectivity index (χ2v) is 4.97. The first-order valence-corrected chi connectivity index (χ1v) is 6.62. The summed E-state index contributed by atoms with van der Waals surface area (Å²) in [5.74, 6) is 0. The van der Waals surface area contributed by atoms with Gasteiger partial charge in [-0.1, -0.05) is 59.3 Å². The summed E-state index contributed by atoms with van der Waals surface area (Å²) in [4.78, 5) is 0. The molecule has 0 saturated heterocycles. The van der Waals surface area contributed by atoms with Crippen LogP contribution in [0.3, 0.4) is 0 Å². The van der Waals surface area contributed by atoms with E-state index in [0.29, 0.717) is 0 Å². The molecule has 0 spiro atoms. The number of hydrogen-bond acceptors (Lipinski definition) is 1. The van der Waals surface area contributed by atoms with E-state index in [9.17, 15) is 0 Å². The summed E-state index contributed by atoms with van der Waals surface area (Å²) in [6.45, 7) is 2.10. The molecule has 0 bridgehead atoms. The lowest BCUT2D eigenvalue weighted by atomic mass is 9.99. The third kappa shape index (κ3) is 2.76. The Bertz CT molecular complexity index is 494. The van der Waals surface area contributed by atoms with E-state index in [2.05, 4.69) is 65.3 Å². The van der Waals surface area contributed by atoms with E-state index in [1.807, 2.05) is 6.07 Å². The molecule has 2 aromatic rings. The molecule has 88 valence electrons. The Kier molecular flexibility index (Phi) is 3.97. The predicted molar refractivity (Wildman–Crippen MR) is 76.8 cm³/mol. The summed E-state index contributed by atoms with van der Waals surface area (Å²) in [5, 5.41) is 0. The van der Waals surface area contributed by atoms with Gasteiger partial charge in [-0.05, 0) is 35.2 Å². The molecule has 1 atom stereocenters. The molecule has 2 N–H and O–H groups in total. The fourth-order valence-electron chi connectivity index (χ4n) is 1.86. The number of benzene rings is 2. The van der Waals surface area contributed by atoms with Gasteiger partial charge in [-0.25, -0.2) is 0 Å². The first kappa shape index (κ1) is 12.3. The molecule has 0 aliphatic carbocycles. The predicted octanol–water partition coefficient (Wildman–Crippen LogP) is 4.53. The highest BCUT2D eigenvalue weighted by Crippen LogP contribution is 2.29. The van der Waals surface area contributed by atoms with Crippen LogP contribution in [0, 0.1) is 0 Å². The van der Waals surface area contributed by atoms with Crippen LogP contribution in [0.1, 0.15) is 24.9 Å². The molecule has 0 aliphatic heterocycles. The van der Waals surface area contributed by atoms with E-state index in [1.165, 1.54) is 16.7 Å². The third-order valence-corrected chi connectivity index (χ3v) is 3.66. The van der Waals surface area contributed by atoms with Gasteiger partial charge in [0.25, 0.3) is 0 Å². The lowest BCUT2D eigenvalue weighted by Gasteiger charge is -2.13. The molecule has 0 saturated carbocycles. The van der Waals surface area contributed by atoms with Crippen molar-refractivity contribution in [1.29, 1.82) is 0 Å². The minimum atomic E-state index is 0.0908. The Morgan fingerprint density at radius 1 is 1.06 bits per heavy atom. The smallest absolute Gasteiger partial charge is 0.0303 e. The van der Waals surface area contributed by atoms with Gasteiger partial charge in [0.15, 0.2) is 0 Å². The van der Waals surface area contributed by atoms with E-state index in [-0.39, 0.29) is 6.04 Å². The average molecular weight is 290 g/mol. The minimum absolute atomic E-state index is 0.0908. The molecule has 2 aromatic carbocycles. The van der Waals surface area contributed by atoms with Crippen molar-refractivity contribution in [1.82, 2.24) is 0 Å². The van der Waals surface area contributed by atoms with Gasteiger partial charge in [0.1, 0.15) is 0 Å². The normalized spacial score (nSPS) is 12.4. The SMILES string of the molecule is CCC(N)c1cc(-c2ccccc2)ccc1Br. The zero-order chi connectivity index (χ0) is 12.3. The molecule has 0 amide bonds. The van der Waals surface area contributed by atoms with Crippen LogP contribution in [0.4, 0.5) is 0 Å². The van der Waals surface area contributed by atoms with Crippen LogP contribution in [-0.2, 0) is 0 Å². The van der Waals surface area contributed by atoms with Crippen LogP contribution in [-0.4, -0.2) is 0 Å². The van der Waals surface area contributed by atoms with Crippen molar-refractivity contribution in [2.24, 2.45) is 5.73 Å². The van der Waals surface area contributed by atoms with Crippen molar-refractivity contribution in [2.45, 2.75) is 19.4 Å². The summed E-state index contributed by atoms with van der Waals surface area (Å²) < 4.78 is 1.09. The zero-order valence-corrected chi connectivity index (χ0v) is 11.4. The maximum Gasteiger partial charge on any atom is 0.0303 e. The molecular weight excluding hydrogens is 274 g/mol. The van der Waals surface area contributed by atoms with Crippen molar-refractivity contribution >= 4 is 15.9 Å². The standard InChI is InChI=1S/C15H16BrN/c1-2-15(17)13-10-12(8-9-14(13)16)11-6-4-3-5-7-11/h3-10,15H,2,17H2,1H3. The van der Waals surface area contributed by atoms with Crippen molar-refractivity contribution < 1.29 is 0 Å². The fourth-order valence-corrected chi connectivity index (χ4v) is 2.40. The van der Waals surface area contributed by atoms with E-state index in [4.69, 9.17) is 5.73 Å². The fraction of sp³-hybridized carbons (Fsp3) is 0.200. The molecule has 0 aliphatic rings. The molecule has 17 heavy (non-hydrogen) atoms. The van der Waals surface area contributed by atoms with Crippen molar-refractivity contribution in [3.8, 4) is 11.1 Å². The number of hydrogen-bond donors (Lipinski definition) is 1. The summed E-state index contributed by atoms with van der Waals surface area (Å²) >= 11 is 3.56. The highest BCUT2D eigenvalue weighted by atomic mass is 79.9. The lowest BCUT2D eigenvalue weighted by molar-refractivity contribution is 0.696. The monoisotopic (exact) mass is 289 g/mol. The first-order valence-electron chi connectivity index (χ1n) is 5.83. The van der Waals surface area contributed by atoms with Gasteiger partial charge in [0, 0.05) is 10.5 Å². The summed E-state index contributed by atoms with van der Waals surface area (Å²) in [7, 11) is 0. The van der Waals surface area contributed by atoms with E-state index in [0.717, 1.165) is 10.9 Å². The summed E-state index contributed by atoms with van der Waals surface area (Å²) in [6, 6.07) is 16.8. The average Bonchev–Trinajstić information content (AvgIpc) is 2.39. The van der Waals surface area contributed by atoms with Gasteiger partial charge in [0.2, 0.25) is 0 Å². The number of halogens is 1. The van der Waals surface area contributed by atoms with Crippen LogP contribution in [0.2, 0.25) is 0 Å². The van der Waals surface area contributed by atoms with E-state index < -0.39 is 0 Å². The molecule has 0 aromatic heterocycles. The third-order valence-electron chi connectivity index (χ3n) is 2.94. The molecule has 2 heteroatoms. The molecule has 2 rings (SSSR count). The van der Waals surface area contributed by atoms with E-state index >= 15 is 0 Å². The summed E-state index contributed by atoms with van der Waals surface area (Å²) in [6.07, 6.45) is 0.941. The molecule has 1 unspecified atom stereocenters. The maximum atomic E-state index is 6.11. The molecule has 0 radical (unpaired) electrons. The summed E-state index contributed by atoms with van der Waals surface area (Å²) in [5.41, 5.74) is 9.73. The Balaban J connectivity index is 2.44. The Morgan fingerprint density at radius 3 is 2.41 bits per heavy atom. The van der Waals surface area contributed by atoms with Gasteiger partial charge in [0.05, 0.1) is 0 Å². The zero-order valence-electron chi connectivity index (χ0n) is 9.86. The number of nitrogens with two attached hydrogens (primary N) is 1. The topological polar surface area (TPSA) is 26.0 Å². The van der Waals surface area contributed by atoms with Crippen molar-refractivity contribution in [2.75, 3.05) is 0 Å². The largest absolute Gasteiger partial charge is 0.324 e. The number of rotatable bonds is 3. The minimum Gasteiger partial charge on any atom is -0.324 e. The van der Waals surface area contributed by atoms with Crippen LogP contribution >= 0.6 is 15.9 Å². The maximum absolute atomic E-state index is 6.11. The van der Waals surface area contributed by atoms with Gasteiger partial charge in [-0.2, -0.15) is 0 Å². The van der Waals surface area contributed by atoms with Gasteiger partial charge in [-0.15, -0.1) is 0 Å². The highest BCUT2D eigenvalue weighted by Gasteiger charge is 2.09. The quantitative estimate of drug-likeness (QED) is 0.883. The first-order chi connectivity index (χ1) is 8.22. The van der Waals surface area contributed by atoms with E-state index in [1.54, 1.807) is 0 Å². The Hall–Kier alpha value is -1.12. The Morgan fingerprint density at radius 2 is 1.76 bits per heavy atom. The van der Waals surface area contributed by atoms with Crippen molar-refractivity contribution in [3.63, 3.8) is 0 Å². The van der Waals surface area contributed by atoms with Crippen LogP contribution < -0.4 is 5.73 Å². The van der Waals surface area contributed by atoms with Crippen LogP contribution in [0.15, 0.2) is 53.0 Å². The Labute approximate surface area is 111 Å². The molecular formula is C15H16BrN. The van der Waals surface area contributed by atoms with Gasteiger partial charge in [-0.3, -0.25) is 0 Å². The second kappa shape index (κ2) is 5.48. The van der Waals surface area contributed by atoms with Crippen LogP contribution in [0.25, 0.3) is 11.1 Å². The van der Waals surface area contributed by atoms with Gasteiger partial charge >= 0.3 is 0 Å². The molecule has 0 heterocycles. The van der Waals surface area contributed by atoms with Crippen LogP contribution in [0.5, 0.6) is 0 Å².